The highest BCUT2D eigenvalue weighted by atomic mass is 16.6. The number of nitrogens with one attached hydrogen (secondary N) is 2. The summed E-state index contributed by atoms with van der Waals surface area (Å²) in [6.07, 6.45) is 2.29. The van der Waals surface area contributed by atoms with Crippen molar-refractivity contribution < 1.29 is 28.3 Å². The third-order valence-corrected chi connectivity index (χ3v) is 4.18. The number of amides is 2. The summed E-state index contributed by atoms with van der Waals surface area (Å²) < 4.78 is 16.1. The fraction of sp³-hybridized carbons (Fsp3) is 0.318. The molecule has 3 aromatic rings. The van der Waals surface area contributed by atoms with Crippen LogP contribution in [0.25, 0.3) is 22.2 Å². The van der Waals surface area contributed by atoms with Crippen molar-refractivity contribution in [3.63, 3.8) is 0 Å². The van der Waals surface area contributed by atoms with E-state index in [2.05, 4.69) is 20.6 Å². The van der Waals surface area contributed by atoms with Gasteiger partial charge in [-0.2, -0.15) is 0 Å². The Hall–Kier alpha value is -3.95. The van der Waals surface area contributed by atoms with Crippen LogP contribution in [0.2, 0.25) is 0 Å². The number of hydrogen-bond donors (Lipinski definition) is 2. The normalized spacial score (nSPS) is 11.2. The zero-order valence-electron chi connectivity index (χ0n) is 18.4. The van der Waals surface area contributed by atoms with Gasteiger partial charge in [-0.1, -0.05) is 6.07 Å². The first-order valence-corrected chi connectivity index (χ1v) is 9.91. The largest absolute Gasteiger partial charge is 0.462 e. The number of furan rings is 1. The van der Waals surface area contributed by atoms with Crippen molar-refractivity contribution in [2.45, 2.75) is 33.3 Å². The zero-order valence-corrected chi connectivity index (χ0v) is 18.4. The number of rotatable bonds is 5. The van der Waals surface area contributed by atoms with Crippen molar-refractivity contribution in [3.05, 3.63) is 41.9 Å². The molecule has 0 fully saturated rings. The van der Waals surface area contributed by atoms with Crippen LogP contribution in [0.3, 0.4) is 0 Å². The van der Waals surface area contributed by atoms with Crippen LogP contribution < -0.4 is 10.6 Å². The molecule has 168 valence electrons. The summed E-state index contributed by atoms with van der Waals surface area (Å²) in [7, 11) is 1.52. The van der Waals surface area contributed by atoms with Crippen LogP contribution in [-0.2, 0) is 9.47 Å². The molecule has 0 aromatic carbocycles. The summed E-state index contributed by atoms with van der Waals surface area (Å²) in [5, 5.41) is 4.96. The van der Waals surface area contributed by atoms with E-state index in [4.69, 9.17) is 13.9 Å². The second kappa shape index (κ2) is 9.04. The number of nitrogens with zero attached hydrogens (tertiary/aromatic N) is 2. The van der Waals surface area contributed by atoms with E-state index in [9.17, 15) is 14.4 Å². The third-order valence-electron chi connectivity index (χ3n) is 4.18. The van der Waals surface area contributed by atoms with Gasteiger partial charge in [-0.15, -0.1) is 0 Å². The molecule has 0 bridgehead atoms. The first-order chi connectivity index (χ1) is 15.1. The van der Waals surface area contributed by atoms with Gasteiger partial charge < -0.3 is 19.2 Å². The fourth-order valence-corrected chi connectivity index (χ4v) is 2.84. The monoisotopic (exact) mass is 440 g/mol. The maximum absolute atomic E-state index is 12.5. The first-order valence-electron chi connectivity index (χ1n) is 9.91. The highest BCUT2D eigenvalue weighted by Crippen LogP contribution is 2.32. The Morgan fingerprint density at radius 2 is 1.81 bits per heavy atom. The second-order valence-electron chi connectivity index (χ2n) is 7.74. The number of aromatic nitrogens is 2. The van der Waals surface area contributed by atoms with Crippen LogP contribution in [-0.4, -0.2) is 47.2 Å². The van der Waals surface area contributed by atoms with Gasteiger partial charge in [-0.05, 0) is 39.8 Å². The van der Waals surface area contributed by atoms with Gasteiger partial charge in [-0.25, -0.2) is 9.59 Å². The van der Waals surface area contributed by atoms with Gasteiger partial charge in [0.1, 0.15) is 22.4 Å². The SMILES string of the molecule is CCOC(=O)c1c(NC(=O)OC(C)(C)C)oc2cc(-c3ccc(C(=O)NC)nc3)cnc12. The predicted molar refractivity (Wildman–Crippen MR) is 116 cm³/mol. The smallest absolute Gasteiger partial charge is 0.414 e. The first kappa shape index (κ1) is 22.7. The molecule has 10 heteroatoms. The fourth-order valence-electron chi connectivity index (χ4n) is 2.84. The average molecular weight is 440 g/mol. The third kappa shape index (κ3) is 5.02. The number of carbonyl (C=O) groups is 3. The number of esters is 1. The minimum absolute atomic E-state index is 0.00708. The zero-order chi connectivity index (χ0) is 23.5. The van der Waals surface area contributed by atoms with Gasteiger partial charge in [0.05, 0.1) is 6.61 Å². The summed E-state index contributed by atoms with van der Waals surface area (Å²) in [6, 6.07) is 4.96. The molecule has 2 N–H and O–H groups in total. The van der Waals surface area contributed by atoms with E-state index in [0.717, 1.165) is 0 Å². The van der Waals surface area contributed by atoms with E-state index < -0.39 is 17.7 Å². The molecule has 0 saturated carbocycles. The Morgan fingerprint density at radius 1 is 1.09 bits per heavy atom. The molecule has 10 nitrogen and oxygen atoms in total. The van der Waals surface area contributed by atoms with E-state index in [1.165, 1.54) is 19.4 Å². The maximum Gasteiger partial charge on any atom is 0.414 e. The van der Waals surface area contributed by atoms with Crippen molar-refractivity contribution >= 4 is 35.0 Å². The Bertz CT molecular complexity index is 1160. The molecule has 3 aromatic heterocycles. The lowest BCUT2D eigenvalue weighted by Gasteiger charge is -2.19. The minimum atomic E-state index is -0.781. The number of pyridine rings is 2. The summed E-state index contributed by atoms with van der Waals surface area (Å²) in [5.41, 5.74) is 1.34. The molecule has 0 aliphatic carbocycles. The highest BCUT2D eigenvalue weighted by Gasteiger charge is 2.27. The molecule has 3 heterocycles. The lowest BCUT2D eigenvalue weighted by atomic mass is 10.1. The summed E-state index contributed by atoms with van der Waals surface area (Å²) in [4.78, 5) is 44.9. The minimum Gasteiger partial charge on any atom is -0.462 e. The topological polar surface area (TPSA) is 133 Å². The van der Waals surface area contributed by atoms with Crippen LogP contribution in [0, 0.1) is 0 Å². The quantitative estimate of drug-likeness (QED) is 0.573. The standard InChI is InChI=1S/C22H24N4O6/c1-6-30-20(28)16-17-15(31-19(16)26-21(29)32-22(2,3)4)9-13(11-25-17)12-7-8-14(24-10-12)18(27)23-5/h7-11H,6H2,1-5H3,(H,23,27)(H,26,29). The van der Waals surface area contributed by atoms with Gasteiger partial charge in [0, 0.05) is 30.6 Å². The molecular weight excluding hydrogens is 416 g/mol. The predicted octanol–water partition coefficient (Wildman–Crippen LogP) is 3.77. The Labute approximate surface area is 184 Å². The molecule has 0 atom stereocenters. The van der Waals surface area contributed by atoms with Crippen LogP contribution in [0.1, 0.15) is 48.5 Å². The Kier molecular flexibility index (Phi) is 6.42. The number of hydrogen-bond acceptors (Lipinski definition) is 8. The van der Waals surface area contributed by atoms with Crippen LogP contribution in [0.15, 0.2) is 35.0 Å². The summed E-state index contributed by atoms with van der Waals surface area (Å²) in [6.45, 7) is 6.96. The van der Waals surface area contributed by atoms with E-state index in [-0.39, 0.29) is 40.8 Å². The summed E-state index contributed by atoms with van der Waals surface area (Å²) in [5.74, 6) is -1.10. The van der Waals surface area contributed by atoms with Gasteiger partial charge in [0.15, 0.2) is 5.58 Å². The molecule has 0 spiro atoms. The molecular formula is C22H24N4O6. The van der Waals surface area contributed by atoms with Gasteiger partial charge >= 0.3 is 12.1 Å². The molecule has 0 aliphatic heterocycles. The maximum atomic E-state index is 12.5. The average Bonchev–Trinajstić information content (AvgIpc) is 3.08. The number of carbonyl (C=O) groups excluding carboxylic acids is 3. The van der Waals surface area contributed by atoms with Crippen LogP contribution in [0.4, 0.5) is 10.7 Å². The molecule has 0 saturated heterocycles. The lowest BCUT2D eigenvalue weighted by molar-refractivity contribution is 0.0528. The van der Waals surface area contributed by atoms with Gasteiger partial charge in [0.25, 0.3) is 5.91 Å². The molecule has 32 heavy (non-hydrogen) atoms. The van der Waals surface area contributed by atoms with E-state index in [1.54, 1.807) is 45.9 Å². The van der Waals surface area contributed by atoms with E-state index in [1.807, 2.05) is 0 Å². The number of anilines is 1. The van der Waals surface area contributed by atoms with Gasteiger partial charge in [-0.3, -0.25) is 20.1 Å². The molecule has 0 unspecified atom stereocenters. The molecule has 0 aliphatic rings. The number of ether oxygens (including phenoxy) is 2. The number of fused-ring (bicyclic) bond motifs is 1. The van der Waals surface area contributed by atoms with E-state index >= 15 is 0 Å². The molecule has 3 rings (SSSR count). The van der Waals surface area contributed by atoms with Crippen molar-refractivity contribution in [2.75, 3.05) is 19.0 Å². The van der Waals surface area contributed by atoms with Crippen molar-refractivity contribution in [2.24, 2.45) is 0 Å². The Balaban J connectivity index is 2.00. The highest BCUT2D eigenvalue weighted by molar-refractivity contribution is 6.08. The van der Waals surface area contributed by atoms with Crippen molar-refractivity contribution in [1.82, 2.24) is 15.3 Å². The summed E-state index contributed by atoms with van der Waals surface area (Å²) >= 11 is 0. The van der Waals surface area contributed by atoms with Crippen molar-refractivity contribution in [1.29, 1.82) is 0 Å². The van der Waals surface area contributed by atoms with E-state index in [0.29, 0.717) is 11.1 Å². The molecule has 0 radical (unpaired) electrons. The molecule has 2 amide bonds. The van der Waals surface area contributed by atoms with Crippen molar-refractivity contribution in [3.8, 4) is 11.1 Å². The second-order valence-corrected chi connectivity index (χ2v) is 7.74. The van der Waals surface area contributed by atoms with Crippen LogP contribution >= 0.6 is 0 Å². The van der Waals surface area contributed by atoms with Gasteiger partial charge in [0.2, 0.25) is 5.88 Å². The Morgan fingerprint density at radius 3 is 2.41 bits per heavy atom. The van der Waals surface area contributed by atoms with Crippen LogP contribution in [0.5, 0.6) is 0 Å². The lowest BCUT2D eigenvalue weighted by Crippen LogP contribution is -2.27.